The van der Waals surface area contributed by atoms with E-state index in [1.807, 2.05) is 6.07 Å². The van der Waals surface area contributed by atoms with Gasteiger partial charge in [0.15, 0.2) is 13.8 Å². The van der Waals surface area contributed by atoms with Crippen molar-refractivity contribution in [2.24, 2.45) is 0 Å². The van der Waals surface area contributed by atoms with E-state index in [0.717, 1.165) is 33.0 Å². The van der Waals surface area contributed by atoms with Crippen LogP contribution < -0.4 is 20.7 Å². The molecule has 1 heterocycles. The first-order valence-corrected chi connectivity index (χ1v) is 17.9. The molecule has 8 rings (SSSR count). The van der Waals surface area contributed by atoms with Crippen LogP contribution in [0.3, 0.4) is 0 Å². The Labute approximate surface area is 281 Å². The highest BCUT2D eigenvalue weighted by Crippen LogP contribution is 2.39. The van der Waals surface area contributed by atoms with Crippen LogP contribution in [0.5, 0.6) is 0 Å². The Morgan fingerprint density at radius 3 is 1.35 bits per heavy atom. The molecule has 0 aliphatic carbocycles. The van der Waals surface area contributed by atoms with Crippen LogP contribution in [0.1, 0.15) is 0 Å². The van der Waals surface area contributed by atoms with Gasteiger partial charge in [0.05, 0.1) is 24.2 Å². The lowest BCUT2D eigenvalue weighted by molar-refractivity contribution is 1.18. The molecule has 0 aliphatic rings. The summed E-state index contributed by atoms with van der Waals surface area (Å²) < 4.78 is 2.29. The van der Waals surface area contributed by atoms with Crippen LogP contribution in [0.4, 0.5) is 11.4 Å². The Kier molecular flexibility index (Phi) is 7.27. The Morgan fingerprint density at radius 1 is 0.438 bits per heavy atom. The molecule has 224 valence electrons. The van der Waals surface area contributed by atoms with Crippen molar-refractivity contribution in [2.75, 3.05) is 0 Å². The number of benzene rings is 7. The third-order valence-electron chi connectivity index (χ3n) is 9.39. The lowest BCUT2D eigenvalue weighted by Crippen LogP contribution is -2.74. The molecule has 0 fully saturated rings. The molecule has 0 atom stereocenters. The van der Waals surface area contributed by atoms with Crippen LogP contribution in [0.15, 0.2) is 176 Å². The van der Waals surface area contributed by atoms with Crippen LogP contribution >= 0.6 is 0 Å². The predicted octanol–water partition coefficient (Wildman–Crippen LogP) is 8.93. The number of rotatable bonds is 6. The van der Waals surface area contributed by atoms with E-state index < -0.39 is 8.07 Å². The fraction of sp³-hybridized carbons (Fsp3) is 0. The van der Waals surface area contributed by atoms with E-state index in [1.54, 1.807) is 0 Å². The van der Waals surface area contributed by atoms with Crippen LogP contribution in [0.2, 0.25) is 0 Å². The van der Waals surface area contributed by atoms with Gasteiger partial charge in [0.25, 0.3) is 0 Å². The van der Waals surface area contributed by atoms with Crippen molar-refractivity contribution in [2.45, 2.75) is 0 Å². The molecule has 0 saturated carbocycles. The van der Waals surface area contributed by atoms with Crippen molar-refractivity contribution in [3.05, 3.63) is 199 Å². The first kappa shape index (κ1) is 29.0. The average molecular weight is 628 g/mol. The molecule has 0 unspecified atom stereocenters. The molecule has 0 aliphatic heterocycles. The number of hydrogen-bond acceptors (Lipinski definition) is 0. The van der Waals surface area contributed by atoms with E-state index in [9.17, 15) is 0 Å². The molecular formula is C44H29N3Si. The van der Waals surface area contributed by atoms with Crippen molar-refractivity contribution in [1.29, 1.82) is 0 Å². The smallest absolute Gasteiger partial charge is 0.202 e. The van der Waals surface area contributed by atoms with Gasteiger partial charge in [-0.05, 0) is 51.0 Å². The molecule has 48 heavy (non-hydrogen) atoms. The lowest BCUT2D eigenvalue weighted by atomic mass is 10.0. The molecule has 4 heteroatoms. The normalized spacial score (nSPS) is 11.3. The minimum Gasteiger partial charge on any atom is -0.309 e. The topological polar surface area (TPSA) is 13.6 Å². The van der Waals surface area contributed by atoms with Crippen molar-refractivity contribution >= 4 is 62.0 Å². The Morgan fingerprint density at radius 2 is 0.896 bits per heavy atom. The molecule has 0 spiro atoms. The second-order valence-electron chi connectivity index (χ2n) is 11.9. The summed E-state index contributed by atoms with van der Waals surface area (Å²) in [6.07, 6.45) is 0. The average Bonchev–Trinajstić information content (AvgIpc) is 3.50. The maximum Gasteiger partial charge on any atom is 0.202 e. The van der Waals surface area contributed by atoms with Gasteiger partial charge in [-0.3, -0.25) is 4.85 Å². The molecule has 3 nitrogen and oxygen atoms in total. The zero-order chi connectivity index (χ0) is 32.5. The van der Waals surface area contributed by atoms with Crippen molar-refractivity contribution in [3.8, 4) is 16.8 Å². The van der Waals surface area contributed by atoms with E-state index in [-0.39, 0.29) is 0 Å². The monoisotopic (exact) mass is 627 g/mol. The third-order valence-corrected chi connectivity index (χ3v) is 14.1. The van der Waals surface area contributed by atoms with Gasteiger partial charge in [0.2, 0.25) is 5.69 Å². The van der Waals surface area contributed by atoms with E-state index in [0.29, 0.717) is 11.4 Å². The van der Waals surface area contributed by atoms with Crippen molar-refractivity contribution in [3.63, 3.8) is 0 Å². The summed E-state index contributed by atoms with van der Waals surface area (Å²) in [4.78, 5) is 7.92. The Balaban J connectivity index is 1.38. The number of fused-ring (bicyclic) bond motifs is 3. The lowest BCUT2D eigenvalue weighted by Gasteiger charge is -2.35. The fourth-order valence-electron chi connectivity index (χ4n) is 7.31. The summed E-state index contributed by atoms with van der Waals surface area (Å²) in [7, 11) is -2.91. The first-order chi connectivity index (χ1) is 23.7. The molecule has 0 saturated heterocycles. The van der Waals surface area contributed by atoms with Gasteiger partial charge in [0, 0.05) is 16.5 Å². The SMILES string of the molecule is [C-]#[N+]c1cc([Si](c2ccccc2)(c2ccccc2)c2ccccc2)cc(-c2ccc(-n3c4ccccc4c4ccccc43)cc2)c1[N+]#[C-]. The van der Waals surface area contributed by atoms with Gasteiger partial charge in [0.1, 0.15) is 0 Å². The second-order valence-corrected chi connectivity index (χ2v) is 15.7. The van der Waals surface area contributed by atoms with E-state index in [2.05, 4.69) is 184 Å². The van der Waals surface area contributed by atoms with Crippen LogP contribution in [-0.2, 0) is 0 Å². The predicted molar refractivity (Wildman–Crippen MR) is 202 cm³/mol. The quantitative estimate of drug-likeness (QED) is 0.0993. The number of aromatic nitrogens is 1. The summed E-state index contributed by atoms with van der Waals surface area (Å²) in [5, 5.41) is 7.17. The van der Waals surface area contributed by atoms with E-state index in [1.165, 1.54) is 26.3 Å². The Bertz CT molecular complexity index is 2350. The van der Waals surface area contributed by atoms with Crippen molar-refractivity contribution in [1.82, 2.24) is 4.57 Å². The molecule has 0 bridgehead atoms. The standard InChI is InChI=1S/C44H29N3Si/c1-45-41-31-37(48(34-16-6-3-7-17-34,35-18-8-4-9-19-35)36-20-10-5-11-21-36)30-40(44(41)46-2)32-26-28-33(29-27-32)47-42-24-14-12-22-38(42)39-23-13-15-25-43(39)47/h3-31H. The molecule has 0 amide bonds. The maximum atomic E-state index is 8.24. The molecule has 8 aromatic rings. The minimum absolute atomic E-state index is 0.378. The Hall–Kier alpha value is -6.46. The largest absolute Gasteiger partial charge is 0.309 e. The van der Waals surface area contributed by atoms with Gasteiger partial charge in [-0.2, -0.15) is 0 Å². The van der Waals surface area contributed by atoms with Gasteiger partial charge >= 0.3 is 0 Å². The van der Waals surface area contributed by atoms with Crippen LogP contribution in [0.25, 0.3) is 48.3 Å². The summed E-state index contributed by atoms with van der Waals surface area (Å²) in [6, 6.07) is 61.6. The molecule has 1 aromatic heterocycles. The maximum absolute atomic E-state index is 8.24. The summed E-state index contributed by atoms with van der Waals surface area (Å²) >= 11 is 0. The molecule has 7 aromatic carbocycles. The number of nitrogens with zero attached hydrogens (tertiary/aromatic N) is 3. The summed E-state index contributed by atoms with van der Waals surface area (Å²) in [5.74, 6) is 0. The fourth-order valence-corrected chi connectivity index (χ4v) is 12.1. The highest BCUT2D eigenvalue weighted by molar-refractivity contribution is 7.20. The number of para-hydroxylation sites is 2. The second kappa shape index (κ2) is 12.0. The highest BCUT2D eigenvalue weighted by atomic mass is 28.3. The zero-order valence-electron chi connectivity index (χ0n) is 26.1. The van der Waals surface area contributed by atoms with Gasteiger partial charge < -0.3 is 4.57 Å². The molecular weight excluding hydrogens is 599 g/mol. The number of hydrogen-bond donors (Lipinski definition) is 0. The molecule has 0 N–H and O–H groups in total. The van der Waals surface area contributed by atoms with Gasteiger partial charge in [-0.15, -0.1) is 0 Å². The van der Waals surface area contributed by atoms with E-state index >= 15 is 0 Å². The third kappa shape index (κ3) is 4.55. The van der Waals surface area contributed by atoms with Gasteiger partial charge in [-0.1, -0.05) is 157 Å². The molecule has 0 radical (unpaired) electrons. The highest BCUT2D eigenvalue weighted by Gasteiger charge is 2.42. The van der Waals surface area contributed by atoms with Crippen LogP contribution in [0, 0.1) is 13.1 Å². The first-order valence-electron chi connectivity index (χ1n) is 15.9. The van der Waals surface area contributed by atoms with Crippen molar-refractivity contribution < 1.29 is 0 Å². The summed E-state index contributed by atoms with van der Waals surface area (Å²) in [6.45, 7) is 16.5. The zero-order valence-corrected chi connectivity index (χ0v) is 27.1. The summed E-state index contributed by atoms with van der Waals surface area (Å²) in [5.41, 5.74) is 5.80. The van der Waals surface area contributed by atoms with Gasteiger partial charge in [-0.25, -0.2) is 4.85 Å². The van der Waals surface area contributed by atoms with E-state index in [4.69, 9.17) is 13.1 Å². The minimum atomic E-state index is -2.91. The van der Waals surface area contributed by atoms with Crippen LogP contribution in [-0.4, -0.2) is 12.6 Å².